The summed E-state index contributed by atoms with van der Waals surface area (Å²) in [6, 6.07) is 64.8. The zero-order valence-corrected chi connectivity index (χ0v) is 42.3. The Hall–Kier alpha value is -7.82. The first-order valence-electron chi connectivity index (χ1n) is 26.1. The first-order valence-corrected chi connectivity index (χ1v) is 24.6. The molecular formula is C67H63N3O. The summed E-state index contributed by atoms with van der Waals surface area (Å²) in [6.07, 6.45) is 1.81. The van der Waals surface area contributed by atoms with Crippen LogP contribution < -0.4 is 0 Å². The molecule has 10 aromatic rings. The standard InChI is InChI=1S/C67H63N3O/c1-43-29-31-45(32-30-43)48-33-34-68-59(38-48)51-36-49(44-21-14-11-15-22-44)35-50(37-51)53-27-20-28-60-62(53)69-64(56-39-52(65(2,3)4)40-58(63(56)71)67(8,9)10)70(60)61-42-54(46-23-16-12-17-24-46)57(66(5,6)7)41-55(61)47-25-18-13-19-26-47/h11-42,71H,1-10H3/i1D3. The number of phenols is 1. The monoisotopic (exact) mass is 929 g/mol. The Morgan fingerprint density at radius 2 is 1.03 bits per heavy atom. The molecule has 2 aromatic heterocycles. The largest absolute Gasteiger partial charge is 0.507 e. The van der Waals surface area contributed by atoms with Crippen LogP contribution in [0.3, 0.4) is 0 Å². The van der Waals surface area contributed by atoms with Gasteiger partial charge in [-0.05, 0) is 133 Å². The molecule has 0 unspecified atom stereocenters. The number of fused-ring (bicyclic) bond motifs is 1. The van der Waals surface area contributed by atoms with Crippen molar-refractivity contribution in [2.75, 3.05) is 0 Å². The number of rotatable bonds is 8. The fourth-order valence-electron chi connectivity index (χ4n) is 9.82. The van der Waals surface area contributed by atoms with Crippen LogP contribution in [-0.4, -0.2) is 19.6 Å². The van der Waals surface area contributed by atoms with Crippen molar-refractivity contribution in [3.63, 3.8) is 0 Å². The van der Waals surface area contributed by atoms with Gasteiger partial charge < -0.3 is 5.11 Å². The zero-order chi connectivity index (χ0) is 52.3. The molecular weight excluding hydrogens is 863 g/mol. The molecule has 1 N–H and O–H groups in total. The number of aryl methyl sites for hydroxylation is 1. The maximum Gasteiger partial charge on any atom is 0.149 e. The van der Waals surface area contributed by atoms with Gasteiger partial charge in [0.25, 0.3) is 0 Å². The zero-order valence-electron chi connectivity index (χ0n) is 45.3. The highest BCUT2D eigenvalue weighted by molar-refractivity contribution is 5.99. The van der Waals surface area contributed by atoms with Crippen molar-refractivity contribution in [3.05, 3.63) is 217 Å². The van der Waals surface area contributed by atoms with Crippen LogP contribution in [0.15, 0.2) is 194 Å². The minimum Gasteiger partial charge on any atom is -0.507 e. The quantitative estimate of drug-likeness (QED) is 0.165. The lowest BCUT2D eigenvalue weighted by Gasteiger charge is -2.28. The second-order valence-corrected chi connectivity index (χ2v) is 21.9. The van der Waals surface area contributed by atoms with Crippen LogP contribution in [0.25, 0.3) is 95.0 Å². The van der Waals surface area contributed by atoms with Crippen LogP contribution in [0.1, 0.15) is 88.7 Å². The Bertz CT molecular complexity index is 3690. The molecule has 2 heterocycles. The number of para-hydroxylation sites is 1. The molecule has 0 bridgehead atoms. The average molecular weight is 929 g/mol. The number of benzene rings is 8. The van der Waals surface area contributed by atoms with Gasteiger partial charge in [0, 0.05) is 32.6 Å². The normalized spacial score (nSPS) is 12.9. The van der Waals surface area contributed by atoms with E-state index in [0.717, 1.165) is 94.7 Å². The fourth-order valence-corrected chi connectivity index (χ4v) is 9.82. The average Bonchev–Trinajstić information content (AvgIpc) is 3.77. The number of imidazole rings is 1. The lowest BCUT2D eigenvalue weighted by atomic mass is 9.78. The van der Waals surface area contributed by atoms with Crippen molar-refractivity contribution < 1.29 is 9.22 Å². The van der Waals surface area contributed by atoms with Gasteiger partial charge in [0.05, 0.1) is 28.0 Å². The molecule has 0 saturated heterocycles. The number of phenolic OH excluding ortho intramolecular Hbond substituents is 1. The van der Waals surface area contributed by atoms with E-state index < -0.39 is 6.85 Å². The van der Waals surface area contributed by atoms with Crippen molar-refractivity contribution >= 4 is 11.0 Å². The van der Waals surface area contributed by atoms with Gasteiger partial charge in [-0.1, -0.05) is 201 Å². The van der Waals surface area contributed by atoms with Crippen LogP contribution >= 0.6 is 0 Å². The van der Waals surface area contributed by atoms with Crippen molar-refractivity contribution in [1.29, 1.82) is 0 Å². The molecule has 8 aromatic carbocycles. The van der Waals surface area contributed by atoms with Crippen molar-refractivity contribution in [2.45, 2.75) is 85.4 Å². The molecule has 0 amide bonds. The Morgan fingerprint density at radius 3 is 1.65 bits per heavy atom. The van der Waals surface area contributed by atoms with Gasteiger partial charge >= 0.3 is 0 Å². The van der Waals surface area contributed by atoms with Crippen LogP contribution in [0.4, 0.5) is 0 Å². The molecule has 4 heteroatoms. The SMILES string of the molecule is [2H]C([2H])([2H])c1ccc(-c2ccnc(-c3cc(-c4ccccc4)cc(-c4cccc5c4nc(-c4cc(C(C)(C)C)cc(C(C)(C)C)c4O)n5-c4cc(-c5ccccc5)c(C(C)(C)C)cc4-c4ccccc4)c3)c2)cc1. The lowest BCUT2D eigenvalue weighted by Crippen LogP contribution is -2.17. The number of hydrogen-bond acceptors (Lipinski definition) is 3. The van der Waals surface area contributed by atoms with E-state index in [1.54, 1.807) is 12.1 Å². The highest BCUT2D eigenvalue weighted by Crippen LogP contribution is 2.48. The summed E-state index contributed by atoms with van der Waals surface area (Å²) in [7, 11) is 0. The minimum atomic E-state index is -2.19. The van der Waals surface area contributed by atoms with Crippen LogP contribution in [0, 0.1) is 6.85 Å². The third kappa shape index (κ3) is 9.23. The molecule has 4 nitrogen and oxygen atoms in total. The smallest absolute Gasteiger partial charge is 0.149 e. The molecule has 0 atom stereocenters. The fraction of sp³-hybridized carbons (Fsp3) is 0.194. The minimum absolute atomic E-state index is 0.207. The summed E-state index contributed by atoms with van der Waals surface area (Å²) in [4.78, 5) is 10.7. The van der Waals surface area contributed by atoms with Gasteiger partial charge in [-0.2, -0.15) is 0 Å². The molecule has 0 spiro atoms. The topological polar surface area (TPSA) is 50.9 Å². The molecule has 0 saturated carbocycles. The molecule has 10 rings (SSSR count). The predicted molar refractivity (Wildman–Crippen MR) is 299 cm³/mol. The van der Waals surface area contributed by atoms with Crippen molar-refractivity contribution in [1.82, 2.24) is 14.5 Å². The van der Waals surface area contributed by atoms with E-state index in [0.29, 0.717) is 17.0 Å². The molecule has 0 radical (unpaired) electrons. The predicted octanol–water partition coefficient (Wildman–Crippen LogP) is 18.0. The number of pyridine rings is 1. The molecule has 0 aliphatic carbocycles. The molecule has 0 fully saturated rings. The second-order valence-electron chi connectivity index (χ2n) is 21.9. The molecule has 0 aliphatic rings. The van der Waals surface area contributed by atoms with Crippen LogP contribution in [0.2, 0.25) is 0 Å². The number of aromatic nitrogens is 3. The van der Waals surface area contributed by atoms with Crippen LogP contribution in [0.5, 0.6) is 5.75 Å². The summed E-state index contributed by atoms with van der Waals surface area (Å²) < 4.78 is 26.0. The highest BCUT2D eigenvalue weighted by atomic mass is 16.3. The Labute approximate surface area is 424 Å². The van der Waals surface area contributed by atoms with Gasteiger partial charge in [-0.3, -0.25) is 9.55 Å². The maximum absolute atomic E-state index is 12.8. The first kappa shape index (κ1) is 43.2. The lowest BCUT2D eigenvalue weighted by molar-refractivity contribution is 0.446. The van der Waals surface area contributed by atoms with E-state index in [1.807, 2.05) is 30.5 Å². The number of hydrogen-bond donors (Lipinski definition) is 1. The van der Waals surface area contributed by atoms with Crippen molar-refractivity contribution in [3.8, 4) is 89.7 Å². The summed E-state index contributed by atoms with van der Waals surface area (Å²) in [5.74, 6) is 0.853. The van der Waals surface area contributed by atoms with E-state index in [4.69, 9.17) is 14.1 Å². The van der Waals surface area contributed by atoms with Crippen molar-refractivity contribution in [2.24, 2.45) is 0 Å². The van der Waals surface area contributed by atoms with E-state index in [1.165, 1.54) is 5.56 Å². The third-order valence-electron chi connectivity index (χ3n) is 13.7. The van der Waals surface area contributed by atoms with E-state index in [2.05, 4.69) is 219 Å². The maximum atomic E-state index is 12.8. The van der Waals surface area contributed by atoms with Gasteiger partial charge in [-0.15, -0.1) is 0 Å². The van der Waals surface area contributed by atoms with Crippen LogP contribution in [-0.2, 0) is 16.2 Å². The van der Waals surface area contributed by atoms with E-state index in [9.17, 15) is 5.11 Å². The Kier molecular flexibility index (Phi) is 11.1. The first-order chi connectivity index (χ1) is 35.1. The number of aromatic hydroxyl groups is 1. The summed E-state index contributed by atoms with van der Waals surface area (Å²) in [5, 5.41) is 12.8. The highest BCUT2D eigenvalue weighted by Gasteiger charge is 2.31. The molecule has 0 aliphatic heterocycles. The van der Waals surface area contributed by atoms with Gasteiger partial charge in [0.1, 0.15) is 11.6 Å². The number of nitrogens with zero attached hydrogens (tertiary/aromatic N) is 3. The summed E-state index contributed by atoms with van der Waals surface area (Å²) >= 11 is 0. The Morgan fingerprint density at radius 1 is 0.437 bits per heavy atom. The van der Waals surface area contributed by atoms with Gasteiger partial charge in [-0.25, -0.2) is 4.98 Å². The van der Waals surface area contributed by atoms with Gasteiger partial charge in [0.15, 0.2) is 0 Å². The Balaban J connectivity index is 1.30. The molecule has 352 valence electrons. The van der Waals surface area contributed by atoms with E-state index >= 15 is 0 Å². The molecule has 71 heavy (non-hydrogen) atoms. The second kappa shape index (κ2) is 18.2. The van der Waals surface area contributed by atoms with Gasteiger partial charge in [0.2, 0.25) is 0 Å². The third-order valence-corrected chi connectivity index (χ3v) is 13.7. The van der Waals surface area contributed by atoms with E-state index in [-0.39, 0.29) is 22.0 Å². The summed E-state index contributed by atoms with van der Waals surface area (Å²) in [5.41, 5.74) is 17.8. The summed E-state index contributed by atoms with van der Waals surface area (Å²) in [6.45, 7) is 17.8.